The van der Waals surface area contributed by atoms with Crippen LogP contribution < -0.4 is 10.1 Å². The van der Waals surface area contributed by atoms with Gasteiger partial charge in [0.1, 0.15) is 12.4 Å². The summed E-state index contributed by atoms with van der Waals surface area (Å²) in [5, 5.41) is 3.74. The number of hydrogen-bond donors (Lipinski definition) is 1. The number of esters is 2. The Balaban J connectivity index is 1.92. The van der Waals surface area contributed by atoms with E-state index in [1.807, 2.05) is 36.4 Å². The molecule has 2 aromatic rings. The van der Waals surface area contributed by atoms with Crippen molar-refractivity contribution in [2.75, 3.05) is 14.2 Å². The zero-order valence-corrected chi connectivity index (χ0v) is 18.6. The number of allylic oxidation sites excluding steroid dienone is 2. The predicted molar refractivity (Wildman–Crippen MR) is 118 cm³/mol. The Morgan fingerprint density at radius 1 is 0.935 bits per heavy atom. The van der Waals surface area contributed by atoms with Gasteiger partial charge < -0.3 is 19.5 Å². The molecule has 0 aliphatic carbocycles. The van der Waals surface area contributed by atoms with Gasteiger partial charge in [-0.25, -0.2) is 9.59 Å². The Kier molecular flexibility index (Phi) is 7.02. The van der Waals surface area contributed by atoms with Crippen LogP contribution in [0.1, 0.15) is 30.9 Å². The van der Waals surface area contributed by atoms with Gasteiger partial charge in [-0.2, -0.15) is 0 Å². The van der Waals surface area contributed by atoms with Gasteiger partial charge in [-0.15, -0.1) is 0 Å². The highest BCUT2D eigenvalue weighted by molar-refractivity contribution is 6.30. The Hall–Kier alpha value is -3.25. The summed E-state index contributed by atoms with van der Waals surface area (Å²) in [4.78, 5) is 25.1. The standard InChI is InChI=1S/C24H24ClNO5/c1-14-20(23(27)29-3)22(21(15(2)26-14)24(28)30-4)17-8-10-19(11-9-17)31-13-16-6-5-7-18(25)12-16/h5-12,22,26H,13H2,1-4H3. The quantitative estimate of drug-likeness (QED) is 0.665. The molecular weight excluding hydrogens is 418 g/mol. The summed E-state index contributed by atoms with van der Waals surface area (Å²) in [5.74, 6) is -0.989. The summed E-state index contributed by atoms with van der Waals surface area (Å²) in [6.07, 6.45) is 0. The lowest BCUT2D eigenvalue weighted by Crippen LogP contribution is -2.32. The molecule has 0 atom stereocenters. The van der Waals surface area contributed by atoms with Gasteiger partial charge >= 0.3 is 11.9 Å². The highest BCUT2D eigenvalue weighted by Gasteiger charge is 2.37. The number of carbonyl (C=O) groups is 2. The maximum absolute atomic E-state index is 12.5. The first kappa shape index (κ1) is 22.4. The van der Waals surface area contributed by atoms with Gasteiger partial charge in [0.15, 0.2) is 0 Å². The number of hydrogen-bond acceptors (Lipinski definition) is 6. The fourth-order valence-electron chi connectivity index (χ4n) is 3.64. The SMILES string of the molecule is COC(=O)C1=C(C)NC(C)=C(C(=O)OC)C1c1ccc(OCc2cccc(Cl)c2)cc1. The molecule has 162 valence electrons. The number of dihydropyridines is 1. The minimum absolute atomic E-state index is 0.362. The molecule has 0 aromatic heterocycles. The minimum atomic E-state index is -0.622. The number of carbonyl (C=O) groups excluding carboxylic acids is 2. The average molecular weight is 442 g/mol. The minimum Gasteiger partial charge on any atom is -0.489 e. The molecule has 3 rings (SSSR count). The highest BCUT2D eigenvalue weighted by Crippen LogP contribution is 2.39. The zero-order chi connectivity index (χ0) is 22.5. The van der Waals surface area contributed by atoms with Crippen molar-refractivity contribution in [3.8, 4) is 5.75 Å². The molecule has 1 heterocycles. The second-order valence-corrected chi connectivity index (χ2v) is 7.54. The first-order valence-electron chi connectivity index (χ1n) is 9.68. The number of nitrogens with one attached hydrogen (secondary N) is 1. The van der Waals surface area contributed by atoms with Crippen LogP contribution in [-0.2, 0) is 25.7 Å². The number of benzene rings is 2. The molecule has 1 aliphatic heterocycles. The largest absolute Gasteiger partial charge is 0.489 e. The lowest BCUT2D eigenvalue weighted by atomic mass is 9.80. The van der Waals surface area contributed by atoms with E-state index in [9.17, 15) is 9.59 Å². The van der Waals surface area contributed by atoms with Crippen molar-refractivity contribution in [3.63, 3.8) is 0 Å². The maximum Gasteiger partial charge on any atom is 0.336 e. The summed E-state index contributed by atoms with van der Waals surface area (Å²) in [6.45, 7) is 3.92. The summed E-state index contributed by atoms with van der Waals surface area (Å²) < 4.78 is 15.8. The van der Waals surface area contributed by atoms with Crippen LogP contribution in [0.25, 0.3) is 0 Å². The molecule has 0 spiro atoms. The first-order valence-corrected chi connectivity index (χ1v) is 10.1. The van der Waals surface area contributed by atoms with Crippen LogP contribution in [0.4, 0.5) is 0 Å². The summed E-state index contributed by atoms with van der Waals surface area (Å²) in [7, 11) is 2.63. The third kappa shape index (κ3) is 4.91. The number of rotatable bonds is 6. The topological polar surface area (TPSA) is 73.9 Å². The lowest BCUT2D eigenvalue weighted by molar-refractivity contribution is -0.137. The normalized spacial score (nSPS) is 14.2. The van der Waals surface area contributed by atoms with Gasteiger partial charge in [-0.05, 0) is 49.2 Å². The Labute approximate surface area is 186 Å². The van der Waals surface area contributed by atoms with Crippen LogP contribution in [-0.4, -0.2) is 26.2 Å². The van der Waals surface area contributed by atoms with Crippen molar-refractivity contribution in [3.05, 3.63) is 87.2 Å². The predicted octanol–water partition coefficient (Wildman–Crippen LogP) is 4.50. The fraction of sp³-hybridized carbons (Fsp3) is 0.250. The van der Waals surface area contributed by atoms with Crippen LogP contribution >= 0.6 is 11.6 Å². The van der Waals surface area contributed by atoms with E-state index in [1.165, 1.54) is 14.2 Å². The third-order valence-corrected chi connectivity index (χ3v) is 5.31. The number of methoxy groups -OCH3 is 2. The van der Waals surface area contributed by atoms with Crippen LogP contribution in [0.3, 0.4) is 0 Å². The summed E-state index contributed by atoms with van der Waals surface area (Å²) in [6, 6.07) is 14.7. The molecule has 6 nitrogen and oxygen atoms in total. The van der Waals surface area contributed by atoms with Crippen molar-refractivity contribution >= 4 is 23.5 Å². The van der Waals surface area contributed by atoms with E-state index >= 15 is 0 Å². The van der Waals surface area contributed by atoms with Crippen molar-refractivity contribution in [1.29, 1.82) is 0 Å². The van der Waals surface area contributed by atoms with E-state index in [1.54, 1.807) is 26.0 Å². The van der Waals surface area contributed by atoms with E-state index in [0.29, 0.717) is 39.9 Å². The molecule has 1 aliphatic rings. The molecule has 0 bridgehead atoms. The van der Waals surface area contributed by atoms with E-state index in [2.05, 4.69) is 5.32 Å². The van der Waals surface area contributed by atoms with Gasteiger partial charge in [0, 0.05) is 16.4 Å². The van der Waals surface area contributed by atoms with Crippen LogP contribution in [0.5, 0.6) is 5.75 Å². The monoisotopic (exact) mass is 441 g/mol. The molecule has 0 unspecified atom stereocenters. The zero-order valence-electron chi connectivity index (χ0n) is 17.8. The smallest absolute Gasteiger partial charge is 0.336 e. The van der Waals surface area contributed by atoms with E-state index in [-0.39, 0.29) is 0 Å². The maximum atomic E-state index is 12.5. The first-order chi connectivity index (χ1) is 14.8. The highest BCUT2D eigenvalue weighted by atomic mass is 35.5. The van der Waals surface area contributed by atoms with Crippen molar-refractivity contribution in [2.45, 2.75) is 26.4 Å². The average Bonchev–Trinajstić information content (AvgIpc) is 2.76. The number of halogens is 1. The Morgan fingerprint density at radius 3 is 2.03 bits per heavy atom. The van der Waals surface area contributed by atoms with Gasteiger partial charge in [0.05, 0.1) is 31.3 Å². The molecular formula is C24H24ClNO5. The molecule has 31 heavy (non-hydrogen) atoms. The van der Waals surface area contributed by atoms with Crippen molar-refractivity contribution in [2.24, 2.45) is 0 Å². The van der Waals surface area contributed by atoms with Gasteiger partial charge in [0.25, 0.3) is 0 Å². The summed E-state index contributed by atoms with van der Waals surface area (Å²) >= 11 is 6.01. The molecule has 0 radical (unpaired) electrons. The van der Waals surface area contributed by atoms with Crippen LogP contribution in [0.2, 0.25) is 5.02 Å². The Bertz CT molecular complexity index is 1020. The molecule has 0 saturated carbocycles. The van der Waals surface area contributed by atoms with Crippen LogP contribution in [0.15, 0.2) is 71.1 Å². The fourth-order valence-corrected chi connectivity index (χ4v) is 3.85. The second kappa shape index (κ2) is 9.71. The van der Waals surface area contributed by atoms with Crippen molar-refractivity contribution in [1.82, 2.24) is 5.32 Å². The molecule has 2 aromatic carbocycles. The molecule has 0 saturated heterocycles. The van der Waals surface area contributed by atoms with E-state index in [0.717, 1.165) is 11.1 Å². The molecule has 1 N–H and O–H groups in total. The van der Waals surface area contributed by atoms with Gasteiger partial charge in [-0.1, -0.05) is 35.9 Å². The molecule has 0 fully saturated rings. The summed E-state index contributed by atoms with van der Waals surface area (Å²) in [5.41, 5.74) is 3.68. The van der Waals surface area contributed by atoms with Gasteiger partial charge in [0.2, 0.25) is 0 Å². The molecule has 7 heteroatoms. The lowest BCUT2D eigenvalue weighted by Gasteiger charge is -2.30. The molecule has 0 amide bonds. The second-order valence-electron chi connectivity index (χ2n) is 7.11. The van der Waals surface area contributed by atoms with E-state index in [4.69, 9.17) is 25.8 Å². The van der Waals surface area contributed by atoms with Gasteiger partial charge in [-0.3, -0.25) is 0 Å². The third-order valence-electron chi connectivity index (χ3n) is 5.08. The Morgan fingerprint density at radius 2 is 1.52 bits per heavy atom. The van der Waals surface area contributed by atoms with E-state index < -0.39 is 17.9 Å². The number of ether oxygens (including phenoxy) is 3. The van der Waals surface area contributed by atoms with Crippen molar-refractivity contribution < 1.29 is 23.8 Å². The van der Waals surface area contributed by atoms with Crippen LogP contribution in [0, 0.1) is 0 Å².